The van der Waals surface area contributed by atoms with E-state index in [0.717, 1.165) is 5.56 Å². The zero-order valence-electron chi connectivity index (χ0n) is 10.8. The minimum Gasteiger partial charge on any atom is -0.409 e. The van der Waals surface area contributed by atoms with Crippen molar-refractivity contribution in [3.05, 3.63) is 28.8 Å². The number of halogens is 1. The summed E-state index contributed by atoms with van der Waals surface area (Å²) < 4.78 is 0. The van der Waals surface area contributed by atoms with Gasteiger partial charge in [0.1, 0.15) is 5.84 Å². The fourth-order valence-corrected chi connectivity index (χ4v) is 1.65. The van der Waals surface area contributed by atoms with Gasteiger partial charge in [-0.15, -0.1) is 0 Å². The van der Waals surface area contributed by atoms with Gasteiger partial charge in [0.15, 0.2) is 0 Å². The Morgan fingerprint density at radius 3 is 2.84 bits per heavy atom. The Morgan fingerprint density at radius 2 is 2.26 bits per heavy atom. The first-order valence-corrected chi connectivity index (χ1v) is 6.10. The van der Waals surface area contributed by atoms with Crippen LogP contribution in [0.25, 0.3) is 0 Å². The van der Waals surface area contributed by atoms with Gasteiger partial charge in [0, 0.05) is 23.2 Å². The third kappa shape index (κ3) is 5.05. The number of nitrogens with zero attached hydrogens (tertiary/aromatic N) is 1. The van der Waals surface area contributed by atoms with Gasteiger partial charge in [0.25, 0.3) is 0 Å². The molecule has 5 N–H and O–H groups in total. The Labute approximate surface area is 116 Å². The van der Waals surface area contributed by atoms with Gasteiger partial charge >= 0.3 is 6.03 Å². The van der Waals surface area contributed by atoms with Crippen molar-refractivity contribution in [2.75, 3.05) is 5.32 Å². The molecule has 0 fully saturated rings. The van der Waals surface area contributed by atoms with E-state index in [1.807, 2.05) is 13.0 Å². The highest BCUT2D eigenvalue weighted by atomic mass is 35.5. The highest BCUT2D eigenvalue weighted by Crippen LogP contribution is 2.19. The molecular formula is C12H17ClN4O2. The molecule has 0 saturated carbocycles. The van der Waals surface area contributed by atoms with Crippen LogP contribution in [0.2, 0.25) is 5.02 Å². The quantitative estimate of drug-likeness (QED) is 0.295. The Balaban J connectivity index is 2.53. The molecule has 0 aliphatic heterocycles. The molecule has 0 spiro atoms. The molecule has 0 aromatic heterocycles. The van der Waals surface area contributed by atoms with Crippen LogP contribution in [0.1, 0.15) is 18.9 Å². The Morgan fingerprint density at radius 1 is 1.58 bits per heavy atom. The van der Waals surface area contributed by atoms with Crippen LogP contribution < -0.4 is 16.4 Å². The summed E-state index contributed by atoms with van der Waals surface area (Å²) in [6.07, 6.45) is 0.262. The lowest BCUT2D eigenvalue weighted by molar-refractivity contribution is 0.249. The number of aryl methyl sites for hydroxylation is 1. The predicted octanol–water partition coefficient (Wildman–Crippen LogP) is 2.29. The average molecular weight is 285 g/mol. The van der Waals surface area contributed by atoms with E-state index in [2.05, 4.69) is 15.8 Å². The van der Waals surface area contributed by atoms with Gasteiger partial charge < -0.3 is 21.6 Å². The number of urea groups is 1. The molecule has 19 heavy (non-hydrogen) atoms. The Bertz CT molecular complexity index is 491. The first-order valence-electron chi connectivity index (χ1n) is 5.72. The van der Waals surface area contributed by atoms with Crippen molar-refractivity contribution < 1.29 is 10.0 Å². The van der Waals surface area contributed by atoms with Gasteiger partial charge in [-0.05, 0) is 31.5 Å². The first-order chi connectivity index (χ1) is 8.92. The van der Waals surface area contributed by atoms with Crippen LogP contribution in [0.3, 0.4) is 0 Å². The summed E-state index contributed by atoms with van der Waals surface area (Å²) in [6, 6.07) is 4.62. The maximum absolute atomic E-state index is 11.7. The van der Waals surface area contributed by atoms with Gasteiger partial charge in [0.05, 0.1) is 0 Å². The second-order valence-electron chi connectivity index (χ2n) is 4.26. The monoisotopic (exact) mass is 284 g/mol. The number of carbonyl (C=O) groups excluding carboxylic acids is 1. The molecule has 0 aliphatic carbocycles. The third-order valence-corrected chi connectivity index (χ3v) is 2.86. The van der Waals surface area contributed by atoms with Crippen LogP contribution in [0.15, 0.2) is 23.4 Å². The molecule has 6 nitrogen and oxygen atoms in total. The van der Waals surface area contributed by atoms with Gasteiger partial charge in [-0.2, -0.15) is 0 Å². The maximum Gasteiger partial charge on any atom is 0.319 e. The number of benzene rings is 1. The molecule has 2 amide bonds. The normalized spacial score (nSPS) is 12.9. The zero-order valence-corrected chi connectivity index (χ0v) is 11.5. The predicted molar refractivity (Wildman–Crippen MR) is 75.8 cm³/mol. The molecule has 0 radical (unpaired) electrons. The second-order valence-corrected chi connectivity index (χ2v) is 4.67. The molecule has 1 aromatic carbocycles. The summed E-state index contributed by atoms with van der Waals surface area (Å²) >= 11 is 5.96. The molecule has 0 saturated heterocycles. The summed E-state index contributed by atoms with van der Waals surface area (Å²) in [5, 5.41) is 17.2. The molecule has 0 heterocycles. The van der Waals surface area contributed by atoms with Crippen molar-refractivity contribution in [2.24, 2.45) is 10.9 Å². The van der Waals surface area contributed by atoms with E-state index in [4.69, 9.17) is 22.5 Å². The highest BCUT2D eigenvalue weighted by Gasteiger charge is 2.09. The first kappa shape index (κ1) is 15.1. The number of amides is 2. The number of hydrogen-bond donors (Lipinski definition) is 4. The largest absolute Gasteiger partial charge is 0.409 e. The number of nitrogens with one attached hydrogen (secondary N) is 2. The fraction of sp³-hybridized carbons (Fsp3) is 0.333. The Kier molecular flexibility index (Phi) is 5.44. The van der Waals surface area contributed by atoms with E-state index in [0.29, 0.717) is 10.7 Å². The SMILES string of the molecule is Cc1ccc(NC(=O)NC(C)CC(N)=NO)cc1Cl. The standard InChI is InChI=1S/C12H17ClN4O2/c1-7-3-4-9(6-10(7)13)16-12(18)15-8(2)5-11(14)17-19/h3-4,6,8,19H,5H2,1-2H3,(H2,14,17)(H2,15,16,18). The van der Waals surface area contributed by atoms with Crippen LogP contribution in [0, 0.1) is 6.92 Å². The van der Waals surface area contributed by atoms with Gasteiger partial charge in [-0.25, -0.2) is 4.79 Å². The summed E-state index contributed by atoms with van der Waals surface area (Å²) in [5.41, 5.74) is 6.89. The van der Waals surface area contributed by atoms with Crippen molar-refractivity contribution in [3.63, 3.8) is 0 Å². The summed E-state index contributed by atoms with van der Waals surface area (Å²) in [4.78, 5) is 11.7. The van der Waals surface area contributed by atoms with Gasteiger partial charge in [0.2, 0.25) is 0 Å². The lowest BCUT2D eigenvalue weighted by atomic mass is 10.2. The van der Waals surface area contributed by atoms with Crippen molar-refractivity contribution in [1.82, 2.24) is 5.32 Å². The van der Waals surface area contributed by atoms with Gasteiger partial charge in [-0.1, -0.05) is 22.8 Å². The smallest absolute Gasteiger partial charge is 0.319 e. The number of anilines is 1. The van der Waals surface area contributed by atoms with Crippen molar-refractivity contribution >= 4 is 29.2 Å². The van der Waals surface area contributed by atoms with Crippen LogP contribution >= 0.6 is 11.6 Å². The number of nitrogens with two attached hydrogens (primary N) is 1. The number of hydrogen-bond acceptors (Lipinski definition) is 3. The minimum absolute atomic E-state index is 0.0613. The van der Waals surface area contributed by atoms with E-state index < -0.39 is 0 Å². The topological polar surface area (TPSA) is 99.7 Å². The zero-order chi connectivity index (χ0) is 14.4. The number of carbonyl (C=O) groups is 1. The van der Waals surface area contributed by atoms with E-state index in [1.54, 1.807) is 19.1 Å². The number of rotatable bonds is 4. The maximum atomic E-state index is 11.7. The molecule has 104 valence electrons. The molecule has 7 heteroatoms. The van der Waals surface area contributed by atoms with Crippen LogP contribution in [-0.4, -0.2) is 23.1 Å². The van der Waals surface area contributed by atoms with Crippen LogP contribution in [0.4, 0.5) is 10.5 Å². The van der Waals surface area contributed by atoms with Crippen molar-refractivity contribution in [3.8, 4) is 0 Å². The molecular weight excluding hydrogens is 268 g/mol. The van der Waals surface area contributed by atoms with E-state index in [1.165, 1.54) is 0 Å². The van der Waals surface area contributed by atoms with Gasteiger partial charge in [-0.3, -0.25) is 0 Å². The molecule has 0 aliphatic rings. The lowest BCUT2D eigenvalue weighted by Gasteiger charge is -2.14. The third-order valence-electron chi connectivity index (χ3n) is 2.45. The van der Waals surface area contributed by atoms with Crippen molar-refractivity contribution in [2.45, 2.75) is 26.3 Å². The fourth-order valence-electron chi connectivity index (χ4n) is 1.47. The minimum atomic E-state index is -0.377. The lowest BCUT2D eigenvalue weighted by Crippen LogP contribution is -2.38. The van der Waals surface area contributed by atoms with Crippen molar-refractivity contribution in [1.29, 1.82) is 0 Å². The summed E-state index contributed by atoms with van der Waals surface area (Å²) in [7, 11) is 0. The average Bonchev–Trinajstić information content (AvgIpc) is 2.33. The molecule has 1 unspecified atom stereocenters. The van der Waals surface area contributed by atoms with Crippen LogP contribution in [-0.2, 0) is 0 Å². The molecule has 0 bridgehead atoms. The highest BCUT2D eigenvalue weighted by molar-refractivity contribution is 6.31. The summed E-state index contributed by atoms with van der Waals surface area (Å²) in [5.74, 6) is 0.0613. The second kappa shape index (κ2) is 6.84. The summed E-state index contributed by atoms with van der Waals surface area (Å²) in [6.45, 7) is 3.63. The van der Waals surface area contributed by atoms with E-state index in [9.17, 15) is 4.79 Å². The molecule has 1 aromatic rings. The number of oxime groups is 1. The van der Waals surface area contributed by atoms with E-state index in [-0.39, 0.29) is 24.3 Å². The van der Waals surface area contributed by atoms with Crippen LogP contribution in [0.5, 0.6) is 0 Å². The van der Waals surface area contributed by atoms with E-state index >= 15 is 0 Å². The molecule has 1 atom stereocenters. The Hall–Kier alpha value is -1.95. The molecule has 1 rings (SSSR count). The number of amidine groups is 1.